The first-order valence-electron chi connectivity index (χ1n) is 9.62. The summed E-state index contributed by atoms with van der Waals surface area (Å²) in [7, 11) is 0. The molecular formula is C19H24N6S. The van der Waals surface area contributed by atoms with Gasteiger partial charge in [-0.3, -0.25) is 0 Å². The summed E-state index contributed by atoms with van der Waals surface area (Å²) in [4.78, 5) is 5.14. The van der Waals surface area contributed by atoms with Crippen LogP contribution in [0.2, 0.25) is 0 Å². The molecule has 6 nitrogen and oxygen atoms in total. The Morgan fingerprint density at radius 1 is 0.923 bits per heavy atom. The van der Waals surface area contributed by atoms with Gasteiger partial charge in [0.05, 0.1) is 0 Å². The molecular weight excluding hydrogens is 344 g/mol. The molecule has 2 saturated heterocycles. The van der Waals surface area contributed by atoms with Gasteiger partial charge < -0.3 is 9.80 Å². The van der Waals surface area contributed by atoms with Crippen LogP contribution in [0.3, 0.4) is 0 Å². The zero-order valence-corrected chi connectivity index (χ0v) is 15.7. The fourth-order valence-corrected chi connectivity index (χ4v) is 4.93. The van der Waals surface area contributed by atoms with E-state index in [0.29, 0.717) is 0 Å². The standard InChI is InChI=1S/C19H24N6S/c1-2-10-23(9-1)16-4-3-11-24(12-7-16)18-6-5-17-20-21-19(25(17)22-18)15-8-13-26-14-15/h5-6,8,13-14,16H,1-4,7,9-12H2. The summed E-state index contributed by atoms with van der Waals surface area (Å²) < 4.78 is 1.89. The van der Waals surface area contributed by atoms with E-state index in [1.165, 1.54) is 45.2 Å². The zero-order chi connectivity index (χ0) is 17.3. The Morgan fingerprint density at radius 3 is 2.69 bits per heavy atom. The fourth-order valence-electron chi connectivity index (χ4n) is 4.30. The van der Waals surface area contributed by atoms with Crippen LogP contribution in [0, 0.1) is 0 Å². The van der Waals surface area contributed by atoms with E-state index in [-0.39, 0.29) is 0 Å². The van der Waals surface area contributed by atoms with Gasteiger partial charge in [0, 0.05) is 30.1 Å². The second-order valence-corrected chi connectivity index (χ2v) is 8.09. The third-order valence-corrected chi connectivity index (χ3v) is 6.39. The van der Waals surface area contributed by atoms with Crippen molar-refractivity contribution >= 4 is 22.8 Å². The van der Waals surface area contributed by atoms with Crippen LogP contribution in [-0.2, 0) is 0 Å². The van der Waals surface area contributed by atoms with Crippen LogP contribution in [0.25, 0.3) is 17.0 Å². The van der Waals surface area contributed by atoms with E-state index in [1.807, 2.05) is 10.6 Å². The lowest BCUT2D eigenvalue weighted by Crippen LogP contribution is -2.34. The van der Waals surface area contributed by atoms with Crippen molar-refractivity contribution in [2.24, 2.45) is 0 Å². The maximum atomic E-state index is 4.89. The minimum absolute atomic E-state index is 0.752. The number of likely N-dealkylation sites (tertiary alicyclic amines) is 1. The number of nitrogens with zero attached hydrogens (tertiary/aromatic N) is 6. The van der Waals surface area contributed by atoms with Crippen molar-refractivity contribution in [3.8, 4) is 11.4 Å². The van der Waals surface area contributed by atoms with Gasteiger partial charge in [-0.2, -0.15) is 15.9 Å². The predicted octanol–water partition coefficient (Wildman–Crippen LogP) is 3.31. The Balaban J connectivity index is 1.39. The van der Waals surface area contributed by atoms with Crippen LogP contribution >= 0.6 is 11.3 Å². The molecule has 0 radical (unpaired) electrons. The number of hydrogen-bond donors (Lipinski definition) is 0. The first kappa shape index (κ1) is 16.2. The lowest BCUT2D eigenvalue weighted by atomic mass is 10.1. The Labute approximate surface area is 157 Å². The summed E-state index contributed by atoms with van der Waals surface area (Å²) in [6.07, 6.45) is 6.53. The van der Waals surface area contributed by atoms with Crippen molar-refractivity contribution < 1.29 is 0 Å². The van der Waals surface area contributed by atoms with Gasteiger partial charge in [-0.25, -0.2) is 0 Å². The van der Waals surface area contributed by atoms with Gasteiger partial charge in [0.2, 0.25) is 0 Å². The van der Waals surface area contributed by atoms with Crippen LogP contribution in [0.4, 0.5) is 5.82 Å². The summed E-state index contributed by atoms with van der Waals surface area (Å²) in [5, 5.41) is 17.7. The molecule has 3 aromatic heterocycles. The average molecular weight is 369 g/mol. The SMILES string of the molecule is c1cc(-c2nnc3ccc(N4CCCC(N5CCCC5)CC4)nn23)cs1. The molecule has 0 spiro atoms. The highest BCUT2D eigenvalue weighted by Gasteiger charge is 2.25. The molecule has 0 saturated carbocycles. The molecule has 26 heavy (non-hydrogen) atoms. The molecule has 2 fully saturated rings. The quantitative estimate of drug-likeness (QED) is 0.710. The van der Waals surface area contributed by atoms with Gasteiger partial charge in [-0.15, -0.1) is 15.3 Å². The van der Waals surface area contributed by atoms with E-state index >= 15 is 0 Å². The summed E-state index contributed by atoms with van der Waals surface area (Å²) in [5.41, 5.74) is 1.89. The first-order valence-corrected chi connectivity index (χ1v) is 10.6. The Hall–Kier alpha value is -1.99. The Morgan fingerprint density at radius 2 is 1.85 bits per heavy atom. The molecule has 3 aromatic rings. The highest BCUT2D eigenvalue weighted by molar-refractivity contribution is 7.08. The van der Waals surface area contributed by atoms with E-state index < -0.39 is 0 Å². The van der Waals surface area contributed by atoms with Crippen LogP contribution in [-0.4, -0.2) is 56.9 Å². The maximum Gasteiger partial charge on any atom is 0.186 e. The van der Waals surface area contributed by atoms with Crippen molar-refractivity contribution in [3.05, 3.63) is 29.0 Å². The van der Waals surface area contributed by atoms with Gasteiger partial charge >= 0.3 is 0 Å². The van der Waals surface area contributed by atoms with E-state index in [0.717, 1.165) is 42.0 Å². The van der Waals surface area contributed by atoms with Crippen LogP contribution in [0.15, 0.2) is 29.0 Å². The minimum Gasteiger partial charge on any atom is -0.355 e. The third kappa shape index (κ3) is 2.99. The second-order valence-electron chi connectivity index (χ2n) is 7.31. The smallest absolute Gasteiger partial charge is 0.186 e. The van der Waals surface area contributed by atoms with Gasteiger partial charge in [0.15, 0.2) is 11.5 Å². The van der Waals surface area contributed by atoms with Crippen molar-refractivity contribution in [1.29, 1.82) is 0 Å². The lowest BCUT2D eigenvalue weighted by Gasteiger charge is -2.26. The number of aromatic nitrogens is 4. The Kier molecular flexibility index (Phi) is 4.34. The van der Waals surface area contributed by atoms with E-state index in [1.54, 1.807) is 11.3 Å². The molecule has 5 heterocycles. The normalized spacial score (nSPS) is 22.2. The summed E-state index contributed by atoms with van der Waals surface area (Å²) in [6, 6.07) is 6.95. The topological polar surface area (TPSA) is 49.6 Å². The number of anilines is 1. The lowest BCUT2D eigenvalue weighted by molar-refractivity contribution is 0.225. The Bertz CT molecular complexity index is 867. The molecule has 0 bridgehead atoms. The molecule has 5 rings (SSSR count). The molecule has 1 atom stereocenters. The first-order chi connectivity index (χ1) is 12.9. The molecule has 2 aliphatic heterocycles. The van der Waals surface area contributed by atoms with Crippen LogP contribution < -0.4 is 4.90 Å². The van der Waals surface area contributed by atoms with Crippen molar-refractivity contribution in [1.82, 2.24) is 24.7 Å². The van der Waals surface area contributed by atoms with Gasteiger partial charge in [-0.05, 0) is 68.8 Å². The molecule has 2 aliphatic rings. The summed E-state index contributed by atoms with van der Waals surface area (Å²) in [6.45, 7) is 4.74. The number of hydrogen-bond acceptors (Lipinski definition) is 6. The predicted molar refractivity (Wildman–Crippen MR) is 105 cm³/mol. The third-order valence-electron chi connectivity index (χ3n) is 5.71. The van der Waals surface area contributed by atoms with Crippen LogP contribution in [0.1, 0.15) is 32.1 Å². The monoisotopic (exact) mass is 368 g/mol. The van der Waals surface area contributed by atoms with Crippen molar-refractivity contribution in [3.63, 3.8) is 0 Å². The molecule has 0 aliphatic carbocycles. The molecule has 7 heteroatoms. The summed E-state index contributed by atoms with van der Waals surface area (Å²) >= 11 is 1.67. The molecule has 0 N–H and O–H groups in total. The number of rotatable bonds is 3. The van der Waals surface area contributed by atoms with Crippen LogP contribution in [0.5, 0.6) is 0 Å². The van der Waals surface area contributed by atoms with Gasteiger partial charge in [-0.1, -0.05) is 0 Å². The molecule has 136 valence electrons. The molecule has 0 aromatic carbocycles. The number of fused-ring (bicyclic) bond motifs is 1. The van der Waals surface area contributed by atoms with E-state index in [4.69, 9.17) is 5.10 Å². The van der Waals surface area contributed by atoms with E-state index in [9.17, 15) is 0 Å². The highest BCUT2D eigenvalue weighted by atomic mass is 32.1. The van der Waals surface area contributed by atoms with Crippen molar-refractivity contribution in [2.75, 3.05) is 31.1 Å². The fraction of sp³-hybridized carbons (Fsp3) is 0.526. The highest BCUT2D eigenvalue weighted by Crippen LogP contribution is 2.25. The van der Waals surface area contributed by atoms with Gasteiger partial charge in [0.25, 0.3) is 0 Å². The average Bonchev–Trinajstić information content (AvgIpc) is 3.40. The maximum absolute atomic E-state index is 4.89. The van der Waals surface area contributed by atoms with E-state index in [2.05, 4.69) is 42.9 Å². The summed E-state index contributed by atoms with van der Waals surface area (Å²) in [5.74, 6) is 1.86. The minimum atomic E-state index is 0.752. The second kappa shape index (κ2) is 6.96. The molecule has 0 amide bonds. The largest absolute Gasteiger partial charge is 0.355 e. The molecule has 1 unspecified atom stereocenters. The number of thiophene rings is 1. The van der Waals surface area contributed by atoms with Gasteiger partial charge in [0.1, 0.15) is 5.82 Å². The van der Waals surface area contributed by atoms with Crippen molar-refractivity contribution in [2.45, 2.75) is 38.1 Å². The zero-order valence-electron chi connectivity index (χ0n) is 14.9.